The van der Waals surface area contributed by atoms with Gasteiger partial charge in [-0.25, -0.2) is 0 Å². The second kappa shape index (κ2) is 9.74. The number of hydrogen-bond donors (Lipinski definition) is 4. The number of hydrogen-bond acceptors (Lipinski definition) is 17. The SMILES string of the molecule is O[Si]1O[Si](O)O[Si]2O[Si](O1)O[Si]1O[Si]3O[Si](O)O[Si](O)O[Si](O3)O[Si](O2)O1. The largest absolute Gasteiger partial charge is 0.558 e. The first-order valence-electron chi connectivity index (χ1n) is 6.20. The fourth-order valence-corrected chi connectivity index (χ4v) is 20.6. The van der Waals surface area contributed by atoms with Gasteiger partial charge in [-0.15, -0.1) is 0 Å². The minimum absolute atomic E-state index is 2.69. The molecule has 0 aromatic heterocycles. The van der Waals surface area contributed by atoms with Crippen LogP contribution in [-0.4, -0.2) is 114 Å². The predicted octanol–water partition coefficient (Wildman–Crippen LogP) is -6.93. The summed E-state index contributed by atoms with van der Waals surface area (Å²) in [5.74, 6) is 0. The molecule has 0 saturated carbocycles. The van der Waals surface area contributed by atoms with Crippen LogP contribution in [0.4, 0.5) is 0 Å². The third kappa shape index (κ3) is 6.24. The lowest BCUT2D eigenvalue weighted by molar-refractivity contribution is 0.0723. The summed E-state index contributed by atoms with van der Waals surface area (Å²) < 4.78 is 68.0. The third-order valence-corrected chi connectivity index (χ3v) is 19.8. The molecular weight excluding hydrogens is 553 g/mol. The van der Waals surface area contributed by atoms with Crippen LogP contribution in [0.3, 0.4) is 0 Å². The molecule has 0 unspecified atom stereocenters. The van der Waals surface area contributed by atoms with Crippen LogP contribution in [0.2, 0.25) is 0 Å². The molecule has 4 rings (SSSR count). The molecule has 10 radical (unpaired) electrons. The van der Waals surface area contributed by atoms with E-state index in [1.165, 1.54) is 0 Å². The van der Waals surface area contributed by atoms with Gasteiger partial charge < -0.3 is 72.7 Å². The maximum Gasteiger partial charge on any atom is 0.558 e. The van der Waals surface area contributed by atoms with Crippen molar-refractivity contribution in [3.8, 4) is 0 Å². The molecule has 6 bridgehead atoms. The fraction of sp³-hybridized carbons (Fsp3) is 0. The Balaban J connectivity index is 1.52. The summed E-state index contributed by atoms with van der Waals surface area (Å²) in [5.41, 5.74) is 0. The second-order valence-corrected chi connectivity index (χ2v) is 19.6. The van der Waals surface area contributed by atoms with E-state index in [4.69, 9.17) is 53.5 Å². The summed E-state index contributed by atoms with van der Waals surface area (Å²) in [4.78, 5) is 38.5. The Bertz CT molecular complexity index is 414. The van der Waals surface area contributed by atoms with Gasteiger partial charge in [-0.1, -0.05) is 0 Å². The van der Waals surface area contributed by atoms with Crippen LogP contribution < -0.4 is 0 Å². The van der Waals surface area contributed by atoms with Crippen molar-refractivity contribution in [3.05, 3.63) is 0 Å². The first kappa shape index (κ1) is 21.7. The van der Waals surface area contributed by atoms with Crippen molar-refractivity contribution in [1.29, 1.82) is 0 Å². The van der Waals surface area contributed by atoms with Crippen LogP contribution in [0.1, 0.15) is 0 Å². The highest BCUT2D eigenvalue weighted by molar-refractivity contribution is 6.78. The molecule has 4 heterocycles. The zero-order valence-corrected chi connectivity index (χ0v) is 22.1. The highest BCUT2D eigenvalue weighted by Crippen LogP contribution is 2.19. The monoisotopic (exact) mass is 556 g/mol. The number of rotatable bonds is 0. The molecule has 4 saturated heterocycles. The summed E-state index contributed by atoms with van der Waals surface area (Å²) in [7, 11) is -27.8. The summed E-state index contributed by atoms with van der Waals surface area (Å²) in [5, 5.41) is 0. The molecule has 0 spiro atoms. The van der Waals surface area contributed by atoms with Gasteiger partial charge in [0.15, 0.2) is 0 Å². The van der Waals surface area contributed by atoms with E-state index in [0.717, 1.165) is 0 Å². The normalized spacial score (nSPS) is 32.0. The summed E-state index contributed by atoms with van der Waals surface area (Å²) in [6.45, 7) is 0. The average Bonchev–Trinajstić information content (AvgIpc) is 2.47. The van der Waals surface area contributed by atoms with Crippen molar-refractivity contribution < 1.29 is 72.7 Å². The van der Waals surface area contributed by atoms with Crippen LogP contribution in [0.5, 0.6) is 0 Å². The van der Waals surface area contributed by atoms with Crippen molar-refractivity contribution in [2.24, 2.45) is 0 Å². The molecule has 0 aliphatic carbocycles. The van der Waals surface area contributed by atoms with Crippen LogP contribution in [0.15, 0.2) is 0 Å². The van der Waals surface area contributed by atoms with Gasteiger partial charge in [-0.2, -0.15) is 0 Å². The molecular formula is H4O17Si10. The minimum Gasteiger partial charge on any atom is -0.388 e. The summed E-state index contributed by atoms with van der Waals surface area (Å²) in [6.07, 6.45) is 0. The Morgan fingerprint density at radius 3 is 0.667 bits per heavy atom. The van der Waals surface area contributed by atoms with Crippen molar-refractivity contribution >= 4 is 95.3 Å². The maximum atomic E-state index is 9.62. The van der Waals surface area contributed by atoms with E-state index < -0.39 is 95.3 Å². The van der Waals surface area contributed by atoms with Gasteiger partial charge in [0.05, 0.1) is 0 Å². The lowest BCUT2D eigenvalue weighted by Crippen LogP contribution is -2.63. The van der Waals surface area contributed by atoms with E-state index in [2.05, 4.69) is 0 Å². The van der Waals surface area contributed by atoms with E-state index in [-0.39, 0.29) is 0 Å². The molecule has 4 aliphatic rings. The maximum absolute atomic E-state index is 9.62. The van der Waals surface area contributed by atoms with E-state index in [1.807, 2.05) is 0 Å². The van der Waals surface area contributed by atoms with Crippen LogP contribution in [0.25, 0.3) is 0 Å². The fourth-order valence-electron chi connectivity index (χ4n) is 1.37. The molecule has 4 fully saturated rings. The van der Waals surface area contributed by atoms with Crippen LogP contribution in [-0.2, 0) is 53.5 Å². The van der Waals surface area contributed by atoms with Crippen LogP contribution in [0, 0.1) is 0 Å². The Morgan fingerprint density at radius 1 is 0.259 bits per heavy atom. The van der Waals surface area contributed by atoms with Gasteiger partial charge in [0.2, 0.25) is 0 Å². The van der Waals surface area contributed by atoms with Gasteiger partial charge in [-0.3, -0.25) is 0 Å². The van der Waals surface area contributed by atoms with E-state index in [0.29, 0.717) is 0 Å². The zero-order chi connectivity index (χ0) is 19.0. The molecule has 0 amide bonds. The van der Waals surface area contributed by atoms with Gasteiger partial charge in [0.25, 0.3) is 0 Å². The molecule has 146 valence electrons. The Kier molecular flexibility index (Phi) is 7.84. The Hall–Kier alpha value is 1.49. The van der Waals surface area contributed by atoms with Gasteiger partial charge >= 0.3 is 95.3 Å². The molecule has 4 N–H and O–H groups in total. The van der Waals surface area contributed by atoms with Gasteiger partial charge in [0, 0.05) is 0 Å². The van der Waals surface area contributed by atoms with E-state index in [1.54, 1.807) is 0 Å². The molecule has 27 heteroatoms. The standard InChI is InChI=1S/H4O17Si10/c1-18-5-19(2)8-23-11-22(7-18)13-26-15-24-9-20(3)6-21(4)10-25(12-24)16-27(14-23)17-26/h1-4H. The first-order valence-corrected chi connectivity index (χ1v) is 18.6. The van der Waals surface area contributed by atoms with Crippen molar-refractivity contribution in [2.75, 3.05) is 0 Å². The van der Waals surface area contributed by atoms with Crippen molar-refractivity contribution in [3.63, 3.8) is 0 Å². The molecule has 17 nitrogen and oxygen atoms in total. The minimum atomic E-state index is -2.90. The average molecular weight is 557 g/mol. The first-order chi connectivity index (χ1) is 12.9. The summed E-state index contributed by atoms with van der Waals surface area (Å²) >= 11 is 0. The Morgan fingerprint density at radius 2 is 0.444 bits per heavy atom. The highest BCUT2D eigenvalue weighted by Gasteiger charge is 2.55. The molecule has 27 heavy (non-hydrogen) atoms. The molecule has 4 aliphatic heterocycles. The second-order valence-electron chi connectivity index (χ2n) is 3.89. The zero-order valence-electron chi connectivity index (χ0n) is 12.1. The van der Waals surface area contributed by atoms with Crippen molar-refractivity contribution in [2.45, 2.75) is 0 Å². The molecule has 0 atom stereocenters. The van der Waals surface area contributed by atoms with Crippen LogP contribution >= 0.6 is 0 Å². The molecule has 0 aromatic carbocycles. The lowest BCUT2D eigenvalue weighted by Gasteiger charge is -2.34. The van der Waals surface area contributed by atoms with Gasteiger partial charge in [-0.05, 0) is 0 Å². The highest BCUT2D eigenvalue weighted by atomic mass is 28.6. The van der Waals surface area contributed by atoms with Crippen molar-refractivity contribution in [1.82, 2.24) is 0 Å². The van der Waals surface area contributed by atoms with E-state index >= 15 is 0 Å². The molecule has 0 aromatic rings. The van der Waals surface area contributed by atoms with E-state index in [9.17, 15) is 19.2 Å². The third-order valence-electron chi connectivity index (χ3n) is 2.20. The Labute approximate surface area is 167 Å². The summed E-state index contributed by atoms with van der Waals surface area (Å²) in [6, 6.07) is 0. The quantitative estimate of drug-likeness (QED) is 0.205. The lowest BCUT2D eigenvalue weighted by atomic mass is 15.6. The topological polar surface area (TPSA) is 201 Å². The predicted molar refractivity (Wildman–Crippen MR) is 80.5 cm³/mol. The van der Waals surface area contributed by atoms with Gasteiger partial charge in [0.1, 0.15) is 0 Å². The number of fused-ring (bicyclic) bond motifs is 6. The smallest absolute Gasteiger partial charge is 0.388 e.